The number of rotatable bonds is 11. The van der Waals surface area contributed by atoms with E-state index in [1.807, 2.05) is 6.20 Å². The number of aromatic nitrogens is 4. The molecule has 0 radical (unpaired) electrons. The Hall–Kier alpha value is -1.61. The summed E-state index contributed by atoms with van der Waals surface area (Å²) in [6.45, 7) is 12.0. The van der Waals surface area contributed by atoms with Crippen LogP contribution >= 0.6 is 23.1 Å². The number of aliphatic imine (C=N–C) groups is 1. The quantitative estimate of drug-likeness (QED) is 0.250. The first kappa shape index (κ1) is 22.7. The van der Waals surface area contributed by atoms with Crippen LogP contribution in [0, 0.1) is 12.8 Å². The van der Waals surface area contributed by atoms with Crippen LogP contribution in [0.15, 0.2) is 16.3 Å². The van der Waals surface area contributed by atoms with Crippen molar-refractivity contribution in [3.63, 3.8) is 0 Å². The molecule has 7 nitrogen and oxygen atoms in total. The van der Waals surface area contributed by atoms with Gasteiger partial charge in [0, 0.05) is 50.1 Å². The van der Waals surface area contributed by atoms with Crippen molar-refractivity contribution in [3.8, 4) is 0 Å². The minimum Gasteiger partial charge on any atom is -0.357 e. The third-order valence-electron chi connectivity index (χ3n) is 4.00. The van der Waals surface area contributed by atoms with Crippen LogP contribution in [0.25, 0.3) is 0 Å². The fourth-order valence-electron chi connectivity index (χ4n) is 2.78. The Kier molecular flexibility index (Phi) is 9.77. The van der Waals surface area contributed by atoms with Gasteiger partial charge in [-0.25, -0.2) is 4.98 Å². The smallest absolute Gasteiger partial charge is 0.191 e. The SMILES string of the molecule is CCNC(=NCCCc1nnc(SC)n1CC(C)C)NCCc1ncc(C)s1. The lowest BCUT2D eigenvalue weighted by molar-refractivity contribution is 0.477. The Morgan fingerprint density at radius 2 is 2.11 bits per heavy atom. The first-order chi connectivity index (χ1) is 13.5. The molecule has 2 heterocycles. The molecule has 2 aromatic heterocycles. The van der Waals surface area contributed by atoms with Crippen LogP contribution in [0.2, 0.25) is 0 Å². The van der Waals surface area contributed by atoms with Gasteiger partial charge in [-0.2, -0.15) is 0 Å². The van der Waals surface area contributed by atoms with E-state index in [0.29, 0.717) is 5.92 Å². The van der Waals surface area contributed by atoms with Crippen molar-refractivity contribution in [2.45, 2.75) is 58.7 Å². The summed E-state index contributed by atoms with van der Waals surface area (Å²) in [5.74, 6) is 2.50. The first-order valence-corrected chi connectivity index (χ1v) is 12.0. The van der Waals surface area contributed by atoms with Gasteiger partial charge in [0.2, 0.25) is 0 Å². The molecule has 28 heavy (non-hydrogen) atoms. The lowest BCUT2D eigenvalue weighted by atomic mass is 10.2. The number of guanidine groups is 1. The molecule has 0 saturated heterocycles. The third kappa shape index (κ3) is 7.43. The van der Waals surface area contributed by atoms with E-state index >= 15 is 0 Å². The van der Waals surface area contributed by atoms with Gasteiger partial charge in [0.1, 0.15) is 5.82 Å². The van der Waals surface area contributed by atoms with E-state index in [9.17, 15) is 0 Å². The molecule has 2 N–H and O–H groups in total. The zero-order valence-electron chi connectivity index (χ0n) is 17.7. The number of hydrogen-bond acceptors (Lipinski definition) is 6. The molecule has 0 bridgehead atoms. The van der Waals surface area contributed by atoms with Crippen LogP contribution in [-0.4, -0.2) is 51.6 Å². The normalized spacial score (nSPS) is 12.0. The summed E-state index contributed by atoms with van der Waals surface area (Å²) in [4.78, 5) is 10.4. The van der Waals surface area contributed by atoms with E-state index in [1.54, 1.807) is 23.1 Å². The van der Waals surface area contributed by atoms with Crippen LogP contribution in [0.3, 0.4) is 0 Å². The maximum Gasteiger partial charge on any atom is 0.191 e. The number of aryl methyl sites for hydroxylation is 2. The molecule has 0 aromatic carbocycles. The van der Waals surface area contributed by atoms with Crippen molar-refractivity contribution in [3.05, 3.63) is 21.9 Å². The van der Waals surface area contributed by atoms with E-state index in [4.69, 9.17) is 4.99 Å². The maximum atomic E-state index is 4.70. The largest absolute Gasteiger partial charge is 0.357 e. The summed E-state index contributed by atoms with van der Waals surface area (Å²) in [7, 11) is 0. The fraction of sp³-hybridized carbons (Fsp3) is 0.684. The molecule has 9 heteroatoms. The minimum atomic E-state index is 0.574. The molecule has 0 saturated carbocycles. The van der Waals surface area contributed by atoms with Gasteiger partial charge >= 0.3 is 0 Å². The Balaban J connectivity index is 1.82. The third-order valence-corrected chi connectivity index (χ3v) is 5.64. The molecule has 0 aliphatic rings. The Bertz CT molecular complexity index is 736. The highest BCUT2D eigenvalue weighted by molar-refractivity contribution is 7.98. The van der Waals surface area contributed by atoms with Crippen molar-refractivity contribution in [2.24, 2.45) is 10.9 Å². The highest BCUT2D eigenvalue weighted by Gasteiger charge is 2.12. The van der Waals surface area contributed by atoms with Gasteiger partial charge in [0.15, 0.2) is 11.1 Å². The van der Waals surface area contributed by atoms with Gasteiger partial charge in [-0.15, -0.1) is 21.5 Å². The predicted molar refractivity (Wildman–Crippen MR) is 119 cm³/mol. The van der Waals surface area contributed by atoms with Crippen LogP contribution < -0.4 is 10.6 Å². The maximum absolute atomic E-state index is 4.70. The molecular weight excluding hydrogens is 390 g/mol. The van der Waals surface area contributed by atoms with Crippen LogP contribution in [0.4, 0.5) is 0 Å². The van der Waals surface area contributed by atoms with Crippen LogP contribution in [0.5, 0.6) is 0 Å². The van der Waals surface area contributed by atoms with Crippen molar-refractivity contribution >= 4 is 29.1 Å². The molecule has 0 aliphatic heterocycles. The average molecular weight is 424 g/mol. The molecular formula is C19H33N7S2. The first-order valence-electron chi connectivity index (χ1n) is 9.93. The standard InChI is InChI=1S/C19H33N7S2/c1-6-20-18(22-11-9-17-23-12-15(4)28-17)21-10-7-8-16-24-25-19(27-5)26(16)13-14(2)3/h12,14H,6-11,13H2,1-5H3,(H2,20,21,22). The second kappa shape index (κ2) is 12.1. The summed E-state index contributed by atoms with van der Waals surface area (Å²) in [5.41, 5.74) is 0. The Morgan fingerprint density at radius 1 is 1.29 bits per heavy atom. The van der Waals surface area contributed by atoms with E-state index in [2.05, 4.69) is 64.3 Å². The Labute approximate surface area is 176 Å². The van der Waals surface area contributed by atoms with E-state index in [0.717, 1.165) is 67.4 Å². The average Bonchev–Trinajstić information content (AvgIpc) is 3.24. The van der Waals surface area contributed by atoms with Gasteiger partial charge in [0.25, 0.3) is 0 Å². The van der Waals surface area contributed by atoms with E-state index in [-0.39, 0.29) is 0 Å². The predicted octanol–water partition coefficient (Wildman–Crippen LogP) is 3.15. The van der Waals surface area contributed by atoms with Crippen molar-refractivity contribution in [1.29, 1.82) is 0 Å². The number of thioether (sulfide) groups is 1. The van der Waals surface area contributed by atoms with Crippen molar-refractivity contribution < 1.29 is 0 Å². The van der Waals surface area contributed by atoms with Crippen molar-refractivity contribution in [1.82, 2.24) is 30.4 Å². The fourth-order valence-corrected chi connectivity index (χ4v) is 4.09. The molecule has 2 rings (SSSR count). The minimum absolute atomic E-state index is 0.574. The topological polar surface area (TPSA) is 80.0 Å². The van der Waals surface area contributed by atoms with Gasteiger partial charge in [-0.1, -0.05) is 25.6 Å². The molecule has 0 fully saturated rings. The summed E-state index contributed by atoms with van der Waals surface area (Å²) in [6.07, 6.45) is 6.74. The number of hydrogen-bond donors (Lipinski definition) is 2. The summed E-state index contributed by atoms with van der Waals surface area (Å²) < 4.78 is 2.25. The van der Waals surface area contributed by atoms with Crippen molar-refractivity contribution in [2.75, 3.05) is 25.9 Å². The monoisotopic (exact) mass is 423 g/mol. The Morgan fingerprint density at radius 3 is 2.75 bits per heavy atom. The summed E-state index contributed by atoms with van der Waals surface area (Å²) in [6, 6.07) is 0. The number of nitrogens with zero attached hydrogens (tertiary/aromatic N) is 5. The lowest BCUT2D eigenvalue weighted by Crippen LogP contribution is -2.38. The summed E-state index contributed by atoms with van der Waals surface area (Å²) >= 11 is 3.41. The van der Waals surface area contributed by atoms with Gasteiger partial charge < -0.3 is 15.2 Å². The summed E-state index contributed by atoms with van der Waals surface area (Å²) in [5, 5.41) is 17.6. The second-order valence-corrected chi connectivity index (χ2v) is 9.11. The highest BCUT2D eigenvalue weighted by atomic mass is 32.2. The van der Waals surface area contributed by atoms with E-state index in [1.165, 1.54) is 4.88 Å². The lowest BCUT2D eigenvalue weighted by Gasteiger charge is -2.12. The molecule has 0 unspecified atom stereocenters. The zero-order valence-corrected chi connectivity index (χ0v) is 19.3. The van der Waals surface area contributed by atoms with Gasteiger partial charge in [0.05, 0.1) is 5.01 Å². The second-order valence-electron chi connectivity index (χ2n) is 7.01. The number of nitrogens with one attached hydrogen (secondary N) is 2. The van der Waals surface area contributed by atoms with Gasteiger partial charge in [-0.05, 0) is 32.4 Å². The zero-order chi connectivity index (χ0) is 20.4. The molecule has 0 spiro atoms. The van der Waals surface area contributed by atoms with Gasteiger partial charge in [-0.3, -0.25) is 4.99 Å². The molecule has 0 amide bonds. The highest BCUT2D eigenvalue weighted by Crippen LogP contribution is 2.16. The molecule has 0 aliphatic carbocycles. The number of thiazole rings is 1. The van der Waals surface area contributed by atoms with E-state index < -0.39 is 0 Å². The molecule has 0 atom stereocenters. The molecule has 2 aromatic rings. The van der Waals surface area contributed by atoms with Crippen LogP contribution in [-0.2, 0) is 19.4 Å². The van der Waals surface area contributed by atoms with Crippen LogP contribution in [0.1, 0.15) is 42.9 Å². The molecule has 156 valence electrons.